The molecule has 1 fully saturated rings. The number of methoxy groups -OCH3 is 2. The minimum Gasteiger partial charge on any atom is -0.493 e. The molecule has 0 unspecified atom stereocenters. The molecule has 3 aromatic rings. The highest BCUT2D eigenvalue weighted by Gasteiger charge is 2.26. The van der Waals surface area contributed by atoms with Crippen LogP contribution in [-0.2, 0) is 17.1 Å². The standard InChI is InChI=1S/C22H25N3O5S2/c1-24-17-13-18(29-2)19(30-3)14-20(17)31-22(24)23-21(26)15-7-9-16(10-8-15)32(27,28)25-11-5-4-6-12-25/h7-10,13-14H,4-6,11-12H2,1-3H3. The molecule has 170 valence electrons. The van der Waals surface area contributed by atoms with E-state index in [0.717, 1.165) is 29.5 Å². The van der Waals surface area contributed by atoms with Crippen molar-refractivity contribution in [1.29, 1.82) is 0 Å². The predicted molar refractivity (Wildman–Crippen MR) is 123 cm³/mol. The Morgan fingerprint density at radius 1 is 1.00 bits per heavy atom. The summed E-state index contributed by atoms with van der Waals surface area (Å²) in [5, 5.41) is 0. The minimum atomic E-state index is -3.54. The van der Waals surface area contributed by atoms with Gasteiger partial charge in [0.1, 0.15) is 0 Å². The summed E-state index contributed by atoms with van der Waals surface area (Å²) in [6.45, 7) is 1.08. The van der Waals surface area contributed by atoms with Gasteiger partial charge in [-0.25, -0.2) is 8.42 Å². The summed E-state index contributed by atoms with van der Waals surface area (Å²) in [6.07, 6.45) is 2.80. The summed E-state index contributed by atoms with van der Waals surface area (Å²) in [4.78, 5) is 17.7. The number of aryl methyl sites for hydroxylation is 1. The molecule has 2 heterocycles. The van der Waals surface area contributed by atoms with Crippen LogP contribution < -0.4 is 14.3 Å². The van der Waals surface area contributed by atoms with E-state index in [2.05, 4.69) is 4.99 Å². The number of piperidine rings is 1. The lowest BCUT2D eigenvalue weighted by atomic mass is 10.2. The Morgan fingerprint density at radius 2 is 1.62 bits per heavy atom. The van der Waals surface area contributed by atoms with Gasteiger partial charge in [-0.2, -0.15) is 9.30 Å². The van der Waals surface area contributed by atoms with Crippen molar-refractivity contribution < 1.29 is 22.7 Å². The first-order chi connectivity index (χ1) is 15.3. The predicted octanol–water partition coefficient (Wildman–Crippen LogP) is 3.17. The van der Waals surface area contributed by atoms with Crippen LogP contribution in [0.1, 0.15) is 29.6 Å². The molecule has 0 N–H and O–H groups in total. The number of rotatable bonds is 5. The number of hydrogen-bond donors (Lipinski definition) is 0. The average Bonchev–Trinajstić information content (AvgIpc) is 3.12. The van der Waals surface area contributed by atoms with E-state index >= 15 is 0 Å². The Hall–Kier alpha value is -2.69. The van der Waals surface area contributed by atoms with E-state index in [1.807, 2.05) is 23.7 Å². The van der Waals surface area contributed by atoms with E-state index in [0.29, 0.717) is 35.0 Å². The summed E-state index contributed by atoms with van der Waals surface area (Å²) < 4.78 is 40.5. The zero-order valence-electron chi connectivity index (χ0n) is 18.2. The average molecular weight is 476 g/mol. The van der Waals surface area contributed by atoms with Crippen molar-refractivity contribution in [3.63, 3.8) is 0 Å². The molecule has 2 aromatic carbocycles. The number of nitrogens with zero attached hydrogens (tertiary/aromatic N) is 3. The highest BCUT2D eigenvalue weighted by Crippen LogP contribution is 2.33. The number of sulfonamides is 1. The SMILES string of the molecule is COc1cc2sc(=NC(=O)c3ccc(S(=O)(=O)N4CCCCC4)cc3)n(C)c2cc1OC. The maximum atomic E-state index is 12.8. The first-order valence-electron chi connectivity index (χ1n) is 10.3. The van der Waals surface area contributed by atoms with E-state index < -0.39 is 15.9 Å². The first kappa shape index (κ1) is 22.5. The van der Waals surface area contributed by atoms with Crippen molar-refractivity contribution in [2.45, 2.75) is 24.2 Å². The second-order valence-corrected chi connectivity index (χ2v) is 10.5. The fourth-order valence-corrected chi connectivity index (χ4v) is 6.28. The van der Waals surface area contributed by atoms with Gasteiger partial charge in [-0.05, 0) is 37.1 Å². The molecule has 0 bridgehead atoms. The summed E-state index contributed by atoms with van der Waals surface area (Å²) in [5.41, 5.74) is 1.19. The molecule has 8 nitrogen and oxygen atoms in total. The van der Waals surface area contributed by atoms with Crippen molar-refractivity contribution in [2.75, 3.05) is 27.3 Å². The van der Waals surface area contributed by atoms with Crippen LogP contribution in [0.2, 0.25) is 0 Å². The number of benzene rings is 2. The highest BCUT2D eigenvalue weighted by atomic mass is 32.2. The molecule has 0 radical (unpaired) electrons. The van der Waals surface area contributed by atoms with Crippen molar-refractivity contribution in [3.8, 4) is 11.5 Å². The molecular weight excluding hydrogens is 450 g/mol. The second kappa shape index (κ2) is 9.05. The van der Waals surface area contributed by atoms with Crippen molar-refractivity contribution in [2.24, 2.45) is 12.0 Å². The quantitative estimate of drug-likeness (QED) is 0.565. The summed E-state index contributed by atoms with van der Waals surface area (Å²) in [6, 6.07) is 9.68. The van der Waals surface area contributed by atoms with Crippen molar-refractivity contribution >= 4 is 37.5 Å². The Kier molecular flexibility index (Phi) is 6.36. The number of thiazole rings is 1. The maximum Gasteiger partial charge on any atom is 0.279 e. The van der Waals surface area contributed by atoms with Gasteiger partial charge in [0, 0.05) is 37.8 Å². The van der Waals surface area contributed by atoms with Crippen LogP contribution in [0.3, 0.4) is 0 Å². The van der Waals surface area contributed by atoms with Crippen molar-refractivity contribution in [1.82, 2.24) is 8.87 Å². The summed E-state index contributed by atoms with van der Waals surface area (Å²) >= 11 is 1.36. The van der Waals surface area contributed by atoms with Gasteiger partial charge in [0.05, 0.1) is 29.3 Å². The van der Waals surface area contributed by atoms with Crippen LogP contribution in [-0.4, -0.2) is 50.5 Å². The largest absolute Gasteiger partial charge is 0.493 e. The molecule has 10 heteroatoms. The van der Waals surface area contributed by atoms with Crippen LogP contribution in [0.25, 0.3) is 10.2 Å². The van der Waals surface area contributed by atoms with Crippen LogP contribution in [0.5, 0.6) is 11.5 Å². The van der Waals surface area contributed by atoms with E-state index in [1.165, 1.54) is 39.9 Å². The van der Waals surface area contributed by atoms with Gasteiger partial charge in [-0.15, -0.1) is 0 Å². The Labute approximate surface area is 190 Å². The zero-order valence-corrected chi connectivity index (χ0v) is 19.8. The van der Waals surface area contributed by atoms with E-state index in [4.69, 9.17) is 9.47 Å². The van der Waals surface area contributed by atoms with Crippen molar-refractivity contribution in [3.05, 3.63) is 46.8 Å². The molecule has 4 rings (SSSR count). The smallest absolute Gasteiger partial charge is 0.279 e. The molecule has 0 saturated carbocycles. The van der Waals surface area contributed by atoms with E-state index in [9.17, 15) is 13.2 Å². The maximum absolute atomic E-state index is 12.8. The third-order valence-corrected chi connectivity index (χ3v) is 8.57. The van der Waals surface area contributed by atoms with Crippen LogP contribution in [0.15, 0.2) is 46.3 Å². The van der Waals surface area contributed by atoms with Gasteiger partial charge >= 0.3 is 0 Å². The lowest BCUT2D eigenvalue weighted by molar-refractivity contribution is 0.0998. The Morgan fingerprint density at radius 3 is 2.25 bits per heavy atom. The Balaban J connectivity index is 1.63. The normalized spacial score (nSPS) is 15.8. The van der Waals surface area contributed by atoms with Crippen LogP contribution in [0.4, 0.5) is 0 Å². The minimum absolute atomic E-state index is 0.197. The molecule has 1 saturated heterocycles. The molecular formula is C22H25N3O5S2. The number of amides is 1. The van der Waals surface area contributed by atoms with Gasteiger partial charge in [0.25, 0.3) is 5.91 Å². The van der Waals surface area contributed by atoms with Gasteiger partial charge < -0.3 is 14.0 Å². The van der Waals surface area contributed by atoms with Gasteiger partial charge in [-0.3, -0.25) is 4.79 Å². The molecule has 1 amide bonds. The molecule has 0 spiro atoms. The van der Waals surface area contributed by atoms with Gasteiger partial charge in [0.2, 0.25) is 10.0 Å². The zero-order chi connectivity index (χ0) is 22.9. The third-order valence-electron chi connectivity index (χ3n) is 5.57. The second-order valence-electron chi connectivity index (χ2n) is 7.52. The molecule has 0 aliphatic carbocycles. The summed E-state index contributed by atoms with van der Waals surface area (Å²) in [5.74, 6) is 0.759. The number of carbonyl (C=O) groups excluding carboxylic acids is 1. The molecule has 32 heavy (non-hydrogen) atoms. The van der Waals surface area contributed by atoms with E-state index in [-0.39, 0.29) is 4.90 Å². The molecule has 1 aliphatic rings. The van der Waals surface area contributed by atoms with Gasteiger partial charge in [-0.1, -0.05) is 17.8 Å². The monoisotopic (exact) mass is 475 g/mol. The molecule has 1 aromatic heterocycles. The Bertz CT molecular complexity index is 1320. The fourth-order valence-electron chi connectivity index (χ4n) is 3.74. The van der Waals surface area contributed by atoms with Crippen LogP contribution >= 0.6 is 11.3 Å². The number of ether oxygens (including phenoxy) is 2. The number of aromatic nitrogens is 1. The fraction of sp³-hybridized carbons (Fsp3) is 0.364. The third kappa shape index (κ3) is 4.17. The first-order valence-corrected chi connectivity index (χ1v) is 12.5. The topological polar surface area (TPSA) is 90.2 Å². The molecule has 1 aliphatic heterocycles. The highest BCUT2D eigenvalue weighted by molar-refractivity contribution is 7.89. The van der Waals surface area contributed by atoms with Crippen LogP contribution in [0, 0.1) is 0 Å². The number of hydrogen-bond acceptors (Lipinski definition) is 6. The lowest BCUT2D eigenvalue weighted by Crippen LogP contribution is -2.35. The molecule has 0 atom stereocenters. The van der Waals surface area contributed by atoms with Gasteiger partial charge in [0.15, 0.2) is 16.3 Å². The number of fused-ring (bicyclic) bond motifs is 1. The number of carbonyl (C=O) groups is 1. The van der Waals surface area contributed by atoms with E-state index in [1.54, 1.807) is 14.2 Å². The summed E-state index contributed by atoms with van der Waals surface area (Å²) in [7, 11) is 1.43. The lowest BCUT2D eigenvalue weighted by Gasteiger charge is -2.25.